The Balaban J connectivity index is 1.54. The van der Waals surface area contributed by atoms with E-state index in [0.717, 1.165) is 5.56 Å². The number of amides is 2. The zero-order valence-electron chi connectivity index (χ0n) is 11.8. The lowest BCUT2D eigenvalue weighted by molar-refractivity contribution is -0.116. The summed E-state index contributed by atoms with van der Waals surface area (Å²) >= 11 is 1.26. The number of carbonyl (C=O) groups excluding carboxylic acids is 2. The van der Waals surface area contributed by atoms with Crippen molar-refractivity contribution in [1.82, 2.24) is 15.5 Å². The molecule has 0 saturated carbocycles. The number of nitrogens with one attached hydrogen (secondary N) is 2. The molecule has 2 rings (SSSR count). The lowest BCUT2D eigenvalue weighted by Crippen LogP contribution is -2.26. The van der Waals surface area contributed by atoms with Crippen molar-refractivity contribution in [2.75, 3.05) is 11.9 Å². The van der Waals surface area contributed by atoms with Crippen molar-refractivity contribution in [3.63, 3.8) is 0 Å². The first-order valence-corrected chi connectivity index (χ1v) is 7.62. The Morgan fingerprint density at radius 1 is 1.23 bits per heavy atom. The number of hydrogen-bond donors (Lipinski definition) is 2. The van der Waals surface area contributed by atoms with Crippen LogP contribution in [0.3, 0.4) is 0 Å². The van der Waals surface area contributed by atoms with E-state index < -0.39 is 6.09 Å². The summed E-state index contributed by atoms with van der Waals surface area (Å²) in [6, 6.07) is 9.42. The Kier molecular flexibility index (Phi) is 6.31. The van der Waals surface area contributed by atoms with Crippen LogP contribution >= 0.6 is 11.3 Å². The van der Waals surface area contributed by atoms with E-state index in [9.17, 15) is 9.59 Å². The van der Waals surface area contributed by atoms with Crippen LogP contribution in [-0.2, 0) is 16.1 Å². The molecule has 0 radical (unpaired) electrons. The maximum Gasteiger partial charge on any atom is 0.407 e. The van der Waals surface area contributed by atoms with Gasteiger partial charge in [-0.3, -0.25) is 4.79 Å². The number of hydrogen-bond acceptors (Lipinski definition) is 6. The molecule has 0 aliphatic rings. The van der Waals surface area contributed by atoms with Gasteiger partial charge in [0.25, 0.3) is 0 Å². The molecule has 0 atom stereocenters. The molecule has 2 amide bonds. The fourth-order valence-corrected chi connectivity index (χ4v) is 2.08. The summed E-state index contributed by atoms with van der Waals surface area (Å²) in [5.74, 6) is -0.156. The highest BCUT2D eigenvalue weighted by atomic mass is 32.1. The fraction of sp³-hybridized carbons (Fsp3) is 0.286. The standard InChI is InChI=1S/C14H16N4O3S/c19-12(17-13-18-16-10-22-13)7-4-8-15-14(20)21-9-11-5-2-1-3-6-11/h1-3,5-6,10H,4,7-9H2,(H,15,20)(H,17,18,19). The Morgan fingerprint density at radius 2 is 2.05 bits per heavy atom. The number of nitrogens with zero attached hydrogens (tertiary/aromatic N) is 2. The van der Waals surface area contributed by atoms with Crippen LogP contribution in [0.4, 0.5) is 9.93 Å². The fourth-order valence-electron chi connectivity index (χ4n) is 1.62. The minimum absolute atomic E-state index is 0.156. The summed E-state index contributed by atoms with van der Waals surface area (Å²) in [7, 11) is 0. The molecule has 0 aliphatic heterocycles. The summed E-state index contributed by atoms with van der Waals surface area (Å²) in [5, 5.41) is 13.0. The number of ether oxygens (including phenoxy) is 1. The number of alkyl carbamates (subject to hydrolysis) is 1. The molecule has 1 aromatic heterocycles. The topological polar surface area (TPSA) is 93.2 Å². The van der Waals surface area contributed by atoms with E-state index in [1.165, 1.54) is 11.3 Å². The van der Waals surface area contributed by atoms with Gasteiger partial charge in [-0.05, 0) is 12.0 Å². The molecule has 0 aliphatic carbocycles. The van der Waals surface area contributed by atoms with Gasteiger partial charge in [-0.25, -0.2) is 4.79 Å². The van der Waals surface area contributed by atoms with Gasteiger partial charge < -0.3 is 15.4 Å². The Morgan fingerprint density at radius 3 is 2.77 bits per heavy atom. The summed E-state index contributed by atoms with van der Waals surface area (Å²) in [6.45, 7) is 0.599. The highest BCUT2D eigenvalue weighted by Crippen LogP contribution is 2.08. The summed E-state index contributed by atoms with van der Waals surface area (Å²) in [5.41, 5.74) is 2.47. The predicted octanol–water partition coefficient (Wildman–Crippen LogP) is 2.18. The maximum absolute atomic E-state index is 11.5. The number of anilines is 1. The highest BCUT2D eigenvalue weighted by molar-refractivity contribution is 7.13. The number of rotatable bonds is 7. The Labute approximate surface area is 131 Å². The van der Waals surface area contributed by atoms with Crippen LogP contribution in [0.15, 0.2) is 35.8 Å². The molecule has 0 fully saturated rings. The normalized spacial score (nSPS) is 10.0. The average Bonchev–Trinajstić information content (AvgIpc) is 3.03. The molecule has 2 N–H and O–H groups in total. The first-order valence-electron chi connectivity index (χ1n) is 6.74. The number of aromatic nitrogens is 2. The van der Waals surface area contributed by atoms with Crippen LogP contribution in [0.5, 0.6) is 0 Å². The van der Waals surface area contributed by atoms with E-state index in [4.69, 9.17) is 4.74 Å². The van der Waals surface area contributed by atoms with Crippen LogP contribution in [0.25, 0.3) is 0 Å². The highest BCUT2D eigenvalue weighted by Gasteiger charge is 2.06. The third-order valence-corrected chi connectivity index (χ3v) is 3.28. The lowest BCUT2D eigenvalue weighted by atomic mass is 10.2. The third kappa shape index (κ3) is 5.88. The SMILES string of the molecule is O=C(CCCNC(=O)OCc1ccccc1)Nc1nncs1. The van der Waals surface area contributed by atoms with Crippen molar-refractivity contribution in [2.24, 2.45) is 0 Å². The molecule has 0 saturated heterocycles. The van der Waals surface area contributed by atoms with Crippen molar-refractivity contribution >= 4 is 28.5 Å². The summed E-state index contributed by atoms with van der Waals surface area (Å²) < 4.78 is 5.05. The van der Waals surface area contributed by atoms with Crippen LogP contribution in [0.1, 0.15) is 18.4 Å². The maximum atomic E-state index is 11.5. The van der Waals surface area contributed by atoms with E-state index in [-0.39, 0.29) is 12.5 Å². The Bertz CT molecular complexity index is 589. The molecule has 116 valence electrons. The minimum Gasteiger partial charge on any atom is -0.445 e. The van der Waals surface area contributed by atoms with E-state index >= 15 is 0 Å². The van der Waals surface area contributed by atoms with Crippen molar-refractivity contribution in [2.45, 2.75) is 19.4 Å². The van der Waals surface area contributed by atoms with Crippen LogP contribution in [0.2, 0.25) is 0 Å². The quantitative estimate of drug-likeness (QED) is 0.763. The molecule has 1 heterocycles. The predicted molar refractivity (Wildman–Crippen MR) is 82.4 cm³/mol. The van der Waals surface area contributed by atoms with Crippen LogP contribution in [-0.4, -0.2) is 28.7 Å². The van der Waals surface area contributed by atoms with Crippen molar-refractivity contribution in [3.8, 4) is 0 Å². The number of benzene rings is 1. The van der Waals surface area contributed by atoms with Gasteiger partial charge in [0.2, 0.25) is 11.0 Å². The second kappa shape index (κ2) is 8.73. The molecule has 2 aromatic rings. The van der Waals surface area contributed by atoms with Gasteiger partial charge >= 0.3 is 6.09 Å². The molecule has 0 unspecified atom stereocenters. The van der Waals surface area contributed by atoms with Gasteiger partial charge in [0.05, 0.1) is 0 Å². The van der Waals surface area contributed by atoms with Crippen LogP contribution < -0.4 is 10.6 Å². The van der Waals surface area contributed by atoms with Crippen molar-refractivity contribution in [1.29, 1.82) is 0 Å². The first kappa shape index (κ1) is 15.9. The smallest absolute Gasteiger partial charge is 0.407 e. The zero-order chi connectivity index (χ0) is 15.6. The van der Waals surface area contributed by atoms with Crippen LogP contribution in [0, 0.1) is 0 Å². The van der Waals surface area contributed by atoms with E-state index in [1.807, 2.05) is 30.3 Å². The molecule has 22 heavy (non-hydrogen) atoms. The molecular formula is C14H16N4O3S. The van der Waals surface area contributed by atoms with Crippen molar-refractivity contribution in [3.05, 3.63) is 41.4 Å². The molecule has 8 heteroatoms. The molecule has 0 bridgehead atoms. The monoisotopic (exact) mass is 320 g/mol. The van der Waals surface area contributed by atoms with Gasteiger partial charge in [0.15, 0.2) is 0 Å². The Hall–Kier alpha value is -2.48. The largest absolute Gasteiger partial charge is 0.445 e. The third-order valence-electron chi connectivity index (χ3n) is 2.67. The zero-order valence-corrected chi connectivity index (χ0v) is 12.6. The van der Waals surface area contributed by atoms with Gasteiger partial charge in [-0.15, -0.1) is 10.2 Å². The van der Waals surface area contributed by atoms with Gasteiger partial charge in [0.1, 0.15) is 12.1 Å². The minimum atomic E-state index is -0.492. The van der Waals surface area contributed by atoms with E-state index in [1.54, 1.807) is 5.51 Å². The summed E-state index contributed by atoms with van der Waals surface area (Å²) in [4.78, 5) is 23.0. The molecular weight excluding hydrogens is 304 g/mol. The second-order valence-corrected chi connectivity index (χ2v) is 5.22. The van der Waals surface area contributed by atoms with E-state index in [2.05, 4.69) is 20.8 Å². The van der Waals surface area contributed by atoms with Gasteiger partial charge in [-0.2, -0.15) is 0 Å². The molecule has 1 aromatic carbocycles. The lowest BCUT2D eigenvalue weighted by Gasteiger charge is -2.07. The number of carbonyl (C=O) groups is 2. The van der Waals surface area contributed by atoms with Gasteiger partial charge in [0, 0.05) is 13.0 Å². The molecule has 7 nitrogen and oxygen atoms in total. The first-order chi connectivity index (χ1) is 10.7. The van der Waals surface area contributed by atoms with Gasteiger partial charge in [-0.1, -0.05) is 41.7 Å². The average molecular weight is 320 g/mol. The second-order valence-electron chi connectivity index (χ2n) is 4.38. The van der Waals surface area contributed by atoms with Crippen molar-refractivity contribution < 1.29 is 14.3 Å². The summed E-state index contributed by atoms with van der Waals surface area (Å²) in [6.07, 6.45) is 0.317. The van der Waals surface area contributed by atoms with E-state index in [0.29, 0.717) is 24.5 Å². The molecule has 0 spiro atoms.